The number of rotatable bonds is 9. The van der Waals surface area contributed by atoms with Crippen molar-refractivity contribution in [3.8, 4) is 5.75 Å². The van der Waals surface area contributed by atoms with Gasteiger partial charge < -0.3 is 11.3 Å². The predicted molar refractivity (Wildman–Crippen MR) is 139 cm³/mol. The Kier molecular flexibility index (Phi) is 9.95. The summed E-state index contributed by atoms with van der Waals surface area (Å²) in [5.74, 6) is -0.481. The first-order valence-electron chi connectivity index (χ1n) is 11.4. The van der Waals surface area contributed by atoms with E-state index in [0.29, 0.717) is 17.1 Å². The molecule has 1 aromatic heterocycles. The number of sulfonamides is 1. The Labute approximate surface area is 260 Å². The van der Waals surface area contributed by atoms with Gasteiger partial charge in [0, 0.05) is 23.2 Å². The van der Waals surface area contributed by atoms with Crippen molar-refractivity contribution in [3.63, 3.8) is 0 Å². The van der Waals surface area contributed by atoms with E-state index in [2.05, 4.69) is 4.98 Å². The van der Waals surface area contributed by atoms with Crippen LogP contribution in [-0.4, -0.2) is 30.5 Å². The Morgan fingerprint density at radius 3 is 2.47 bits per heavy atom. The minimum Gasteiger partial charge on any atom is -1.00 e. The molecule has 4 rings (SSSR count). The van der Waals surface area contributed by atoms with Gasteiger partial charge in [0.15, 0.2) is 0 Å². The molecule has 0 radical (unpaired) electrons. The van der Waals surface area contributed by atoms with E-state index in [1.807, 2.05) is 50.2 Å². The van der Waals surface area contributed by atoms with Crippen molar-refractivity contribution in [1.82, 2.24) is 4.98 Å². The van der Waals surface area contributed by atoms with Crippen LogP contribution < -0.4 is 60.4 Å². The smallest absolute Gasteiger partial charge is 1.00 e. The topological polar surface area (TPSA) is 96.8 Å². The summed E-state index contributed by atoms with van der Waals surface area (Å²) in [6, 6.07) is 10.9. The largest absolute Gasteiger partial charge is 1.00 e. The maximum Gasteiger partial charge on any atom is 1.00 e. The molecule has 1 N–H and O–H groups in total. The molecule has 0 saturated heterocycles. The molecule has 0 atom stereocenters. The normalized spacial score (nSPS) is 13.0. The number of anilines is 1. The summed E-state index contributed by atoms with van der Waals surface area (Å²) in [6.45, 7) is 5.72. The third-order valence-corrected chi connectivity index (χ3v) is 9.09. The van der Waals surface area contributed by atoms with Crippen LogP contribution in [0.2, 0.25) is 0 Å². The predicted octanol–water partition coefficient (Wildman–Crippen LogP) is 2.34. The van der Waals surface area contributed by atoms with Gasteiger partial charge in [0.05, 0.1) is 5.69 Å². The van der Waals surface area contributed by atoms with Crippen LogP contribution in [0.4, 0.5) is 5.69 Å². The fourth-order valence-corrected chi connectivity index (χ4v) is 6.93. The summed E-state index contributed by atoms with van der Waals surface area (Å²) in [5.41, 5.74) is 5.18. The molecule has 1 heterocycles. The first kappa shape index (κ1) is 29.0. The molecule has 0 fully saturated rings. The molecule has 0 saturated carbocycles. The third kappa shape index (κ3) is 6.66. The van der Waals surface area contributed by atoms with Crippen LogP contribution >= 0.6 is 11.3 Å². The number of carboxylic acid groups (broad SMARTS) is 1. The zero-order valence-electron chi connectivity index (χ0n) is 21.9. The fraction of sp³-hybridized carbons (Fsp3) is 0.308. The Hall–Kier alpha value is -1.53. The molecule has 0 amide bonds. The summed E-state index contributed by atoms with van der Waals surface area (Å²) in [6.07, 6.45) is 5.50. The Morgan fingerprint density at radius 2 is 1.89 bits per heavy atom. The quantitative estimate of drug-likeness (QED) is 0.323. The molecule has 3 aromatic rings. The number of hydrogen-bond acceptors (Lipinski definition) is 6. The molecule has 186 valence electrons. The summed E-state index contributed by atoms with van der Waals surface area (Å²) in [7, 11) is -3.87. The van der Waals surface area contributed by atoms with Gasteiger partial charge in [0.1, 0.15) is 12.4 Å². The molecule has 36 heavy (non-hydrogen) atoms. The average molecular weight is 553 g/mol. The van der Waals surface area contributed by atoms with E-state index in [4.69, 9.17) is 9.84 Å². The first-order chi connectivity index (χ1) is 16.6. The van der Waals surface area contributed by atoms with Gasteiger partial charge in [0.2, 0.25) is 4.34 Å². The number of benzene rings is 2. The molecule has 0 bridgehead atoms. The maximum absolute atomic E-state index is 13.6. The van der Waals surface area contributed by atoms with Gasteiger partial charge in [-0.25, -0.2) is 9.78 Å². The molecular weight excluding hydrogens is 524 g/mol. The molecule has 1 aliphatic rings. The van der Waals surface area contributed by atoms with E-state index in [9.17, 15) is 13.2 Å². The van der Waals surface area contributed by atoms with Crippen molar-refractivity contribution in [2.24, 2.45) is 0 Å². The number of carbonyl (C=O) groups is 1. The summed E-state index contributed by atoms with van der Waals surface area (Å²) in [4.78, 5) is 15.0. The van der Waals surface area contributed by atoms with E-state index in [1.54, 1.807) is 12.3 Å². The second-order valence-electron chi connectivity index (χ2n) is 8.79. The number of fused-ring (bicyclic) bond motifs is 1. The van der Waals surface area contributed by atoms with Gasteiger partial charge in [-0.15, -0.1) is 11.3 Å². The number of hydrogen-bond donors (Lipinski definition) is 1. The number of aliphatic carboxylic acids is 1. The monoisotopic (exact) mass is 552 g/mol. The van der Waals surface area contributed by atoms with Crippen LogP contribution in [0.3, 0.4) is 0 Å². The van der Waals surface area contributed by atoms with Crippen LogP contribution in [0.15, 0.2) is 52.2 Å². The number of aromatic nitrogens is 1. The van der Waals surface area contributed by atoms with Gasteiger partial charge in [-0.05, 0) is 80.5 Å². The molecule has 7 nitrogen and oxygen atoms in total. The standard InChI is InChI=1S/C26H28N2O5S2.K.H/c1-17(2)28(35(31,32)26-27-18(3)16-34-26)23-13-21-5-4-6-22(21)14-24(23)33-15-20-9-7-19(8-10-20)11-12-25(29)30;;/h7-14,16-17H,4-6,15H2,1-3H3,(H,29,30);;/q;+1;-1. The molecule has 2 aromatic carbocycles. The number of thiazole rings is 1. The van der Waals surface area contributed by atoms with Crippen LogP contribution in [0, 0.1) is 6.92 Å². The number of carboxylic acids is 1. The van der Waals surface area contributed by atoms with Gasteiger partial charge in [-0.3, -0.25) is 4.31 Å². The Morgan fingerprint density at radius 1 is 1.22 bits per heavy atom. The van der Waals surface area contributed by atoms with E-state index in [1.165, 1.54) is 15.9 Å². The SMILES string of the molecule is Cc1csc(S(=O)(=O)N(c2cc3c(cc2OCc2ccc(C=CC(=O)O)cc2)CCC3)C(C)C)n1.[H-].[K+]. The van der Waals surface area contributed by atoms with Gasteiger partial charge in [0.25, 0.3) is 10.0 Å². The second kappa shape index (κ2) is 12.3. The third-order valence-electron chi connectivity index (χ3n) is 5.75. The minimum absolute atomic E-state index is 0. The molecule has 0 spiro atoms. The van der Waals surface area contributed by atoms with Crippen molar-refractivity contribution in [3.05, 3.63) is 75.8 Å². The van der Waals surface area contributed by atoms with Crippen LogP contribution in [-0.2, 0) is 34.3 Å². The van der Waals surface area contributed by atoms with E-state index < -0.39 is 16.0 Å². The molecule has 10 heteroatoms. The number of ether oxygens (including phenoxy) is 1. The van der Waals surface area contributed by atoms with Gasteiger partial charge in [-0.2, -0.15) is 8.42 Å². The van der Waals surface area contributed by atoms with Crippen molar-refractivity contribution >= 4 is 39.1 Å². The van der Waals surface area contributed by atoms with Gasteiger partial charge in [-0.1, -0.05) is 24.3 Å². The zero-order chi connectivity index (χ0) is 25.2. The first-order valence-corrected chi connectivity index (χ1v) is 13.7. The van der Waals surface area contributed by atoms with Crippen molar-refractivity contribution < 1.29 is 75.9 Å². The number of nitrogens with zero attached hydrogens (tertiary/aromatic N) is 2. The van der Waals surface area contributed by atoms with Crippen molar-refractivity contribution in [2.75, 3.05) is 4.31 Å². The summed E-state index contributed by atoms with van der Waals surface area (Å²) >= 11 is 1.12. The Bertz CT molecular complexity index is 1370. The van der Waals surface area contributed by atoms with E-state index >= 15 is 0 Å². The van der Waals surface area contributed by atoms with Crippen molar-refractivity contribution in [1.29, 1.82) is 0 Å². The average Bonchev–Trinajstić information content (AvgIpc) is 3.45. The Balaban J connectivity index is 0.00000241. The van der Waals surface area contributed by atoms with Crippen LogP contribution in [0.5, 0.6) is 5.75 Å². The number of aryl methyl sites for hydroxylation is 3. The van der Waals surface area contributed by atoms with Crippen LogP contribution in [0.25, 0.3) is 6.08 Å². The molecule has 0 aliphatic heterocycles. The molecule has 0 unspecified atom stereocenters. The van der Waals surface area contributed by atoms with E-state index in [-0.39, 0.29) is 69.8 Å². The van der Waals surface area contributed by atoms with Crippen molar-refractivity contribution in [2.45, 2.75) is 57.0 Å². The van der Waals surface area contributed by atoms with Crippen LogP contribution in [0.1, 0.15) is 49.6 Å². The molecule has 1 aliphatic carbocycles. The second-order valence-corrected chi connectivity index (χ2v) is 11.6. The van der Waals surface area contributed by atoms with E-state index in [0.717, 1.165) is 53.4 Å². The summed E-state index contributed by atoms with van der Waals surface area (Å²) in [5, 5.41) is 10.5. The fourth-order valence-electron chi connectivity index (χ4n) is 4.15. The minimum atomic E-state index is -3.87. The zero-order valence-corrected chi connectivity index (χ0v) is 25.6. The van der Waals surface area contributed by atoms with Gasteiger partial charge >= 0.3 is 57.4 Å². The summed E-state index contributed by atoms with van der Waals surface area (Å²) < 4.78 is 35.0. The maximum atomic E-state index is 13.6. The molecular formula is C26H29KN2O5S2.